The van der Waals surface area contributed by atoms with Gasteiger partial charge in [-0.05, 0) is 42.1 Å². The average Bonchev–Trinajstić information content (AvgIpc) is 3.19. The van der Waals surface area contributed by atoms with Crippen molar-refractivity contribution in [3.05, 3.63) is 39.3 Å². The van der Waals surface area contributed by atoms with Crippen molar-refractivity contribution in [3.8, 4) is 10.6 Å². The van der Waals surface area contributed by atoms with E-state index in [0.29, 0.717) is 32.1 Å². The van der Waals surface area contributed by atoms with Crippen LogP contribution in [0.1, 0.15) is 50.5 Å². The Labute approximate surface area is 168 Å². The molecule has 3 nitrogen and oxygen atoms in total. The molecule has 1 unspecified atom stereocenters. The number of nitrogens with zero attached hydrogens (tertiary/aromatic N) is 1. The second kappa shape index (κ2) is 6.22. The summed E-state index contributed by atoms with van der Waals surface area (Å²) in [5.41, 5.74) is 1.80. The molecule has 1 N–H and O–H groups in total. The number of hydrogen-bond acceptors (Lipinski definition) is 3. The van der Waals surface area contributed by atoms with Gasteiger partial charge in [-0.1, -0.05) is 56.1 Å². The van der Waals surface area contributed by atoms with E-state index in [-0.39, 0.29) is 17.4 Å². The van der Waals surface area contributed by atoms with Crippen LogP contribution in [-0.4, -0.2) is 16.9 Å². The van der Waals surface area contributed by atoms with Gasteiger partial charge in [0.15, 0.2) is 0 Å². The number of fused-ring (bicyclic) bond motifs is 2. The first-order valence-electron chi connectivity index (χ1n) is 8.94. The number of carbonyl (C=O) groups excluding carboxylic acids is 1. The second-order valence-corrected chi connectivity index (χ2v) is 9.99. The van der Waals surface area contributed by atoms with Crippen molar-refractivity contribution in [2.45, 2.75) is 46.1 Å². The number of halogens is 2. The van der Waals surface area contributed by atoms with Crippen LogP contribution in [0, 0.1) is 16.7 Å². The third-order valence-corrected chi connectivity index (χ3v) is 8.58. The maximum atomic E-state index is 12.8. The third kappa shape index (κ3) is 2.69. The molecule has 2 fully saturated rings. The smallest absolute Gasteiger partial charge is 0.271 e. The lowest BCUT2D eigenvalue weighted by atomic mass is 9.71. The number of hydrogen-bond donors (Lipinski definition) is 1. The summed E-state index contributed by atoms with van der Waals surface area (Å²) >= 11 is 13.8. The Bertz CT molecular complexity index is 876. The first kappa shape index (κ1) is 18.3. The van der Waals surface area contributed by atoms with Gasteiger partial charge < -0.3 is 5.32 Å². The van der Waals surface area contributed by atoms with Crippen LogP contribution in [0.15, 0.2) is 23.6 Å². The van der Waals surface area contributed by atoms with Crippen molar-refractivity contribution in [2.24, 2.45) is 16.7 Å². The van der Waals surface area contributed by atoms with Crippen molar-refractivity contribution in [3.63, 3.8) is 0 Å². The molecule has 2 aliphatic rings. The van der Waals surface area contributed by atoms with E-state index in [1.807, 2.05) is 12.1 Å². The van der Waals surface area contributed by atoms with E-state index in [0.717, 1.165) is 12.0 Å². The van der Waals surface area contributed by atoms with E-state index < -0.39 is 0 Å². The fraction of sp³-hybridized carbons (Fsp3) is 0.500. The molecule has 6 heteroatoms. The maximum Gasteiger partial charge on any atom is 0.271 e. The molecule has 0 radical (unpaired) electrons. The molecule has 1 aromatic carbocycles. The van der Waals surface area contributed by atoms with Gasteiger partial charge in [0.25, 0.3) is 5.91 Å². The summed E-state index contributed by atoms with van der Waals surface area (Å²) in [6.07, 6.45) is 3.49. The van der Waals surface area contributed by atoms with Gasteiger partial charge in [-0.25, -0.2) is 4.98 Å². The van der Waals surface area contributed by atoms with Crippen LogP contribution < -0.4 is 5.32 Å². The molecule has 2 bridgehead atoms. The van der Waals surface area contributed by atoms with Crippen molar-refractivity contribution < 1.29 is 4.79 Å². The summed E-state index contributed by atoms with van der Waals surface area (Å²) in [6.45, 7) is 7.05. The van der Waals surface area contributed by atoms with E-state index >= 15 is 0 Å². The minimum Gasteiger partial charge on any atom is -0.348 e. The van der Waals surface area contributed by atoms with Gasteiger partial charge in [-0.15, -0.1) is 11.3 Å². The predicted molar refractivity (Wildman–Crippen MR) is 108 cm³/mol. The molecule has 2 aromatic rings. The molecule has 26 heavy (non-hydrogen) atoms. The van der Waals surface area contributed by atoms with Crippen LogP contribution in [-0.2, 0) is 0 Å². The maximum absolute atomic E-state index is 12.8. The zero-order chi connectivity index (χ0) is 18.7. The van der Waals surface area contributed by atoms with Crippen LogP contribution in [0.2, 0.25) is 10.0 Å². The largest absolute Gasteiger partial charge is 0.348 e. The molecular weight excluding hydrogens is 387 g/mol. The van der Waals surface area contributed by atoms with E-state index in [9.17, 15) is 4.79 Å². The predicted octanol–water partition coefficient (Wildman–Crippen LogP) is 6.06. The second-order valence-electron chi connectivity index (χ2n) is 8.35. The fourth-order valence-electron chi connectivity index (χ4n) is 4.87. The molecular formula is C20H22Cl2N2OS. The van der Waals surface area contributed by atoms with Gasteiger partial charge >= 0.3 is 0 Å². The monoisotopic (exact) mass is 408 g/mol. The lowest BCUT2D eigenvalue weighted by Crippen LogP contribution is -2.40. The highest BCUT2D eigenvalue weighted by Crippen LogP contribution is 2.65. The molecule has 0 spiro atoms. The summed E-state index contributed by atoms with van der Waals surface area (Å²) in [7, 11) is 0. The van der Waals surface area contributed by atoms with E-state index in [2.05, 4.69) is 31.1 Å². The van der Waals surface area contributed by atoms with E-state index in [4.69, 9.17) is 23.2 Å². The molecule has 1 heterocycles. The highest BCUT2D eigenvalue weighted by Gasteiger charge is 2.60. The number of amides is 1. The topological polar surface area (TPSA) is 42.0 Å². The Kier molecular flexibility index (Phi) is 4.37. The molecule has 2 aliphatic carbocycles. The number of nitrogens with one attached hydrogen (secondary N) is 1. The molecule has 1 amide bonds. The van der Waals surface area contributed by atoms with Gasteiger partial charge in [-0.2, -0.15) is 0 Å². The van der Waals surface area contributed by atoms with Crippen molar-refractivity contribution in [1.82, 2.24) is 10.3 Å². The molecule has 0 aliphatic heterocycles. The summed E-state index contributed by atoms with van der Waals surface area (Å²) in [6, 6.07) is 5.68. The van der Waals surface area contributed by atoms with Crippen LogP contribution in [0.4, 0.5) is 0 Å². The van der Waals surface area contributed by atoms with E-state index in [1.165, 1.54) is 24.2 Å². The van der Waals surface area contributed by atoms with Crippen molar-refractivity contribution in [1.29, 1.82) is 0 Å². The number of benzene rings is 1. The first-order valence-corrected chi connectivity index (χ1v) is 10.6. The highest BCUT2D eigenvalue weighted by molar-refractivity contribution is 7.13. The van der Waals surface area contributed by atoms with E-state index in [1.54, 1.807) is 11.4 Å². The molecule has 0 saturated heterocycles. The van der Waals surface area contributed by atoms with Crippen LogP contribution in [0.3, 0.4) is 0 Å². The first-order chi connectivity index (χ1) is 12.2. The lowest BCUT2D eigenvalue weighted by molar-refractivity contribution is 0.0912. The van der Waals surface area contributed by atoms with Crippen LogP contribution >= 0.6 is 34.5 Å². The van der Waals surface area contributed by atoms with Gasteiger partial charge in [0, 0.05) is 17.0 Å². The van der Waals surface area contributed by atoms with Crippen molar-refractivity contribution in [2.75, 3.05) is 0 Å². The Hall–Kier alpha value is -1.10. The highest BCUT2D eigenvalue weighted by atomic mass is 35.5. The molecule has 3 atom stereocenters. The minimum absolute atomic E-state index is 0.0948. The SMILES string of the molecule is CC1(C)[C@H]2CC[C@]1(C)CC2NC(=O)c1csc(-c2cccc(Cl)c2Cl)n1. The van der Waals surface area contributed by atoms with Crippen LogP contribution in [0.5, 0.6) is 0 Å². The zero-order valence-corrected chi connectivity index (χ0v) is 17.4. The number of carbonyl (C=O) groups is 1. The third-order valence-electron chi connectivity index (χ3n) is 6.88. The summed E-state index contributed by atoms with van der Waals surface area (Å²) in [4.78, 5) is 17.3. The summed E-state index contributed by atoms with van der Waals surface area (Å²) < 4.78 is 0. The Balaban J connectivity index is 1.52. The number of thiazole rings is 1. The zero-order valence-electron chi connectivity index (χ0n) is 15.1. The van der Waals surface area contributed by atoms with Crippen molar-refractivity contribution >= 4 is 40.4 Å². The number of rotatable bonds is 3. The summed E-state index contributed by atoms with van der Waals surface area (Å²) in [5, 5.41) is 6.71. The average molecular weight is 409 g/mol. The van der Waals surface area contributed by atoms with Gasteiger partial charge in [0.1, 0.15) is 10.7 Å². The van der Waals surface area contributed by atoms with Gasteiger partial charge in [-0.3, -0.25) is 4.79 Å². The lowest BCUT2D eigenvalue weighted by Gasteiger charge is -2.33. The van der Waals surface area contributed by atoms with Crippen LogP contribution in [0.25, 0.3) is 10.6 Å². The molecule has 1 aromatic heterocycles. The Morgan fingerprint density at radius 2 is 2.08 bits per heavy atom. The Morgan fingerprint density at radius 3 is 2.73 bits per heavy atom. The normalized spacial score (nSPS) is 29.1. The standard InChI is InChI=1S/C20H22Cl2N2OS/c1-19(2)12-7-8-20(19,3)9-14(12)23-17(25)15-10-26-18(24-15)11-5-4-6-13(21)16(11)22/h4-6,10,12,14H,7-9H2,1-3H3,(H,23,25)/t12-,14?,20+/m0/s1. The molecule has 2 saturated carbocycles. The van der Waals surface area contributed by atoms with Gasteiger partial charge in [0.05, 0.1) is 10.0 Å². The number of aromatic nitrogens is 1. The molecule has 4 rings (SSSR count). The quantitative estimate of drug-likeness (QED) is 0.669. The van der Waals surface area contributed by atoms with Gasteiger partial charge in [0.2, 0.25) is 0 Å². The Morgan fingerprint density at radius 1 is 1.31 bits per heavy atom. The molecule has 138 valence electrons. The fourth-order valence-corrected chi connectivity index (χ4v) is 6.14. The minimum atomic E-state index is -0.0948. The summed E-state index contributed by atoms with van der Waals surface area (Å²) in [5.74, 6) is 0.444.